The van der Waals surface area contributed by atoms with E-state index in [2.05, 4.69) is 20.9 Å². The van der Waals surface area contributed by atoms with Crippen molar-refractivity contribution >= 4 is 40.4 Å². The van der Waals surface area contributed by atoms with Gasteiger partial charge in [-0.3, -0.25) is 14.4 Å². The summed E-state index contributed by atoms with van der Waals surface area (Å²) in [7, 11) is 1.46. The fraction of sp³-hybridized carbons (Fsp3) is 0.343. The van der Waals surface area contributed by atoms with Gasteiger partial charge in [-0.25, -0.2) is 0 Å². The van der Waals surface area contributed by atoms with Gasteiger partial charge in [-0.2, -0.15) is 13.2 Å². The minimum atomic E-state index is -4.60. The highest BCUT2D eigenvalue weighted by molar-refractivity contribution is 7.99. The molecule has 0 radical (unpaired) electrons. The second kappa shape index (κ2) is 15.9. The van der Waals surface area contributed by atoms with Crippen LogP contribution in [0.2, 0.25) is 0 Å². The number of hydrogen-bond donors (Lipinski definition) is 6. The standard InChI is InChI=1S/C35H40F3N7O3S/c1-45-29(16-22-19-41-26-9-4-3-8-25(22)26)33(47)43-20-23-15-24(35(36,37)38)12-13-31(23)49-30-11-5-2-7-21(30)18-42-27(10-6-14-39)32(46)44-28(17-40)34(45)48/h2-5,7-9,11-13,15,19,27-29,41-42H,6,10,14,16-18,20,39-40H2,1H3,(H,43,47)(H,44,46)/t27-,28-,29-/m0/s1. The summed E-state index contributed by atoms with van der Waals surface area (Å²) in [6, 6.07) is 15.4. The normalized spacial score (nSPS) is 19.9. The molecular weight excluding hydrogens is 655 g/mol. The van der Waals surface area contributed by atoms with Crippen molar-refractivity contribution in [1.29, 1.82) is 0 Å². The number of aromatic amines is 1. The van der Waals surface area contributed by atoms with Gasteiger partial charge in [0, 0.05) is 60.0 Å². The Morgan fingerprint density at radius 1 is 0.898 bits per heavy atom. The zero-order valence-corrected chi connectivity index (χ0v) is 27.8. The first-order valence-electron chi connectivity index (χ1n) is 16.0. The van der Waals surface area contributed by atoms with Crippen molar-refractivity contribution in [3.8, 4) is 0 Å². The number of benzene rings is 3. The molecule has 0 bridgehead atoms. The van der Waals surface area contributed by atoms with Crippen LogP contribution in [0.1, 0.15) is 35.1 Å². The zero-order valence-electron chi connectivity index (χ0n) is 27.0. The van der Waals surface area contributed by atoms with Crippen LogP contribution in [0.15, 0.2) is 82.7 Å². The lowest BCUT2D eigenvalue weighted by molar-refractivity contribution is -0.141. The summed E-state index contributed by atoms with van der Waals surface area (Å²) >= 11 is 1.27. The van der Waals surface area contributed by atoms with E-state index in [-0.39, 0.29) is 31.6 Å². The van der Waals surface area contributed by atoms with Gasteiger partial charge in [0.15, 0.2) is 0 Å². The first kappa shape index (κ1) is 35.9. The van der Waals surface area contributed by atoms with E-state index in [1.807, 2.05) is 48.5 Å². The third-order valence-electron chi connectivity index (χ3n) is 8.64. The molecule has 1 aliphatic heterocycles. The van der Waals surface area contributed by atoms with Gasteiger partial charge in [0.2, 0.25) is 17.7 Å². The number of alkyl halides is 3. The van der Waals surface area contributed by atoms with Crippen LogP contribution in [0.4, 0.5) is 13.2 Å². The summed E-state index contributed by atoms with van der Waals surface area (Å²) in [5.41, 5.74) is 13.6. The van der Waals surface area contributed by atoms with Crippen LogP contribution in [-0.2, 0) is 40.1 Å². The lowest BCUT2D eigenvalue weighted by Crippen LogP contribution is -2.59. The molecule has 8 N–H and O–H groups in total. The molecule has 5 rings (SSSR count). The van der Waals surface area contributed by atoms with Crippen molar-refractivity contribution < 1.29 is 27.6 Å². The maximum absolute atomic E-state index is 14.0. The van der Waals surface area contributed by atoms with Crippen LogP contribution in [-0.4, -0.2) is 65.9 Å². The molecule has 1 aromatic heterocycles. The van der Waals surface area contributed by atoms with Crippen molar-refractivity contribution in [2.75, 3.05) is 20.1 Å². The number of nitrogens with zero attached hydrogens (tertiary/aromatic N) is 1. The third kappa shape index (κ3) is 8.63. The van der Waals surface area contributed by atoms with Gasteiger partial charge < -0.3 is 37.3 Å². The number of fused-ring (bicyclic) bond motifs is 3. The Balaban J connectivity index is 1.57. The van der Waals surface area contributed by atoms with Crippen molar-refractivity contribution in [2.45, 2.75) is 66.4 Å². The average molecular weight is 696 g/mol. The lowest BCUT2D eigenvalue weighted by Gasteiger charge is -2.31. The van der Waals surface area contributed by atoms with Gasteiger partial charge in [0.05, 0.1) is 11.6 Å². The highest BCUT2D eigenvalue weighted by Crippen LogP contribution is 2.37. The lowest BCUT2D eigenvalue weighted by atomic mass is 10.0. The smallest absolute Gasteiger partial charge is 0.361 e. The Morgan fingerprint density at radius 3 is 2.39 bits per heavy atom. The molecule has 49 heavy (non-hydrogen) atoms. The molecule has 4 aromatic rings. The predicted molar refractivity (Wildman–Crippen MR) is 182 cm³/mol. The molecule has 10 nitrogen and oxygen atoms in total. The number of nitrogens with two attached hydrogens (primary N) is 2. The molecule has 1 aliphatic rings. The predicted octanol–water partition coefficient (Wildman–Crippen LogP) is 3.68. The summed E-state index contributed by atoms with van der Waals surface area (Å²) in [5.74, 6) is -1.61. The largest absolute Gasteiger partial charge is 0.416 e. The number of amides is 3. The highest BCUT2D eigenvalue weighted by Gasteiger charge is 2.34. The molecule has 0 fully saturated rings. The quantitative estimate of drug-likeness (QED) is 0.180. The molecule has 0 spiro atoms. The number of nitrogens with one attached hydrogen (secondary N) is 4. The second-order valence-corrected chi connectivity index (χ2v) is 13.0. The van der Waals surface area contributed by atoms with E-state index < -0.39 is 47.6 Å². The number of rotatable bonds is 6. The van der Waals surface area contributed by atoms with E-state index in [1.54, 1.807) is 6.20 Å². The minimum Gasteiger partial charge on any atom is -0.361 e. The van der Waals surface area contributed by atoms with Gasteiger partial charge in [0.25, 0.3) is 0 Å². The van der Waals surface area contributed by atoms with Gasteiger partial charge in [-0.15, -0.1) is 0 Å². The molecule has 14 heteroatoms. The van der Waals surface area contributed by atoms with Crippen LogP contribution in [0, 0.1) is 0 Å². The number of halogens is 3. The Morgan fingerprint density at radius 2 is 1.63 bits per heavy atom. The van der Waals surface area contributed by atoms with E-state index >= 15 is 0 Å². The topological polar surface area (TPSA) is 158 Å². The number of aromatic nitrogens is 1. The zero-order chi connectivity index (χ0) is 35.1. The Hall–Kier alpha value is -4.37. The number of hydrogen-bond acceptors (Lipinski definition) is 7. The van der Waals surface area contributed by atoms with Gasteiger partial charge in [-0.1, -0.05) is 48.2 Å². The summed E-state index contributed by atoms with van der Waals surface area (Å²) in [4.78, 5) is 47.2. The highest BCUT2D eigenvalue weighted by atomic mass is 32.2. The van der Waals surface area contributed by atoms with Crippen LogP contribution < -0.4 is 27.4 Å². The molecule has 2 heterocycles. The van der Waals surface area contributed by atoms with E-state index in [0.29, 0.717) is 24.3 Å². The Bertz CT molecular complexity index is 1800. The molecule has 3 amide bonds. The van der Waals surface area contributed by atoms with Crippen molar-refractivity contribution in [3.63, 3.8) is 0 Å². The molecule has 0 saturated heterocycles. The summed E-state index contributed by atoms with van der Waals surface area (Å²) in [5, 5.41) is 9.71. The van der Waals surface area contributed by atoms with Gasteiger partial charge >= 0.3 is 6.18 Å². The van der Waals surface area contributed by atoms with Gasteiger partial charge in [-0.05, 0) is 66.4 Å². The van der Waals surface area contributed by atoms with Crippen LogP contribution in [0.5, 0.6) is 0 Å². The first-order valence-corrected chi connectivity index (χ1v) is 16.8. The second-order valence-electron chi connectivity index (χ2n) is 11.9. The Labute approximate surface area is 286 Å². The molecule has 260 valence electrons. The first-order chi connectivity index (χ1) is 23.5. The van der Waals surface area contributed by atoms with E-state index in [0.717, 1.165) is 39.1 Å². The van der Waals surface area contributed by atoms with E-state index in [4.69, 9.17) is 11.5 Å². The van der Waals surface area contributed by atoms with Crippen LogP contribution in [0.25, 0.3) is 10.9 Å². The number of carbonyl (C=O) groups is 3. The summed E-state index contributed by atoms with van der Waals surface area (Å²) in [6.45, 7) is 0.150. The summed E-state index contributed by atoms with van der Waals surface area (Å²) in [6.07, 6.45) is -1.84. The van der Waals surface area contributed by atoms with Crippen molar-refractivity contribution in [1.82, 2.24) is 25.8 Å². The Kier molecular flexibility index (Phi) is 11.7. The van der Waals surface area contributed by atoms with Crippen molar-refractivity contribution in [2.24, 2.45) is 11.5 Å². The van der Waals surface area contributed by atoms with Crippen molar-refractivity contribution in [3.05, 3.63) is 95.2 Å². The molecule has 0 aliphatic carbocycles. The maximum Gasteiger partial charge on any atom is 0.416 e. The van der Waals surface area contributed by atoms with Crippen LogP contribution >= 0.6 is 11.8 Å². The fourth-order valence-electron chi connectivity index (χ4n) is 5.85. The monoisotopic (exact) mass is 695 g/mol. The SMILES string of the molecule is CN1C(=O)[C@H](CN)NC(=O)[C@H](CCCN)NCc2ccccc2Sc2ccc(C(F)(F)F)cc2CNC(=O)[C@@H]1Cc1c[nH]c2ccccc12. The summed E-state index contributed by atoms with van der Waals surface area (Å²) < 4.78 is 41.6. The van der Waals surface area contributed by atoms with E-state index in [1.165, 1.54) is 29.8 Å². The number of likely N-dealkylation sites (N-methyl/N-ethyl adjacent to an activating group) is 1. The molecule has 0 unspecified atom stereocenters. The molecule has 3 aromatic carbocycles. The van der Waals surface area contributed by atoms with Crippen LogP contribution in [0.3, 0.4) is 0 Å². The van der Waals surface area contributed by atoms with Gasteiger partial charge in [0.1, 0.15) is 12.1 Å². The number of carbonyl (C=O) groups excluding carboxylic acids is 3. The minimum absolute atomic E-state index is 0.0849. The molecule has 0 saturated carbocycles. The number of H-pyrrole nitrogens is 1. The molecule has 3 atom stereocenters. The number of para-hydroxylation sites is 1. The average Bonchev–Trinajstić information content (AvgIpc) is 3.50. The molecular formula is C35H40F3N7O3S. The van der Waals surface area contributed by atoms with E-state index in [9.17, 15) is 27.6 Å². The maximum atomic E-state index is 14.0. The fourth-order valence-corrected chi connectivity index (χ4v) is 6.90. The third-order valence-corrected chi connectivity index (χ3v) is 9.88.